The molecule has 4 N–H and O–H groups in total. The van der Waals surface area contributed by atoms with Crippen molar-refractivity contribution >= 4 is 12.1 Å². The number of carbonyl (C=O) groups is 2. The van der Waals surface area contributed by atoms with Crippen LogP contribution >= 0.6 is 0 Å². The molecule has 0 aromatic rings. The maximum atomic E-state index is 9.54. The molecule has 10 heavy (non-hydrogen) atoms. The van der Waals surface area contributed by atoms with Crippen LogP contribution in [-0.2, 0) is 0 Å². The minimum Gasteiger partial charge on any atom is -0.465 e. The van der Waals surface area contributed by atoms with E-state index in [9.17, 15) is 9.59 Å². The molecule has 3 amide bonds. The van der Waals surface area contributed by atoms with Crippen molar-refractivity contribution in [2.24, 2.45) is 5.73 Å². The number of carbonyl (C=O) groups excluding carboxylic acids is 1. The first-order valence-electron chi connectivity index (χ1n) is 2.41. The third kappa shape index (κ3) is 31.6. The van der Waals surface area contributed by atoms with Crippen LogP contribution in [0.15, 0.2) is 12.7 Å². The van der Waals surface area contributed by atoms with Gasteiger partial charge >= 0.3 is 12.1 Å². The molecule has 0 aromatic heterocycles. The first kappa shape index (κ1) is 11.3. The van der Waals surface area contributed by atoms with E-state index in [2.05, 4.69) is 12.3 Å². The van der Waals surface area contributed by atoms with Gasteiger partial charge in [-0.3, -0.25) is 0 Å². The average Bonchev–Trinajstić information content (AvgIpc) is 1.62. The van der Waals surface area contributed by atoms with Gasteiger partial charge in [0.25, 0.3) is 0 Å². The van der Waals surface area contributed by atoms with E-state index >= 15 is 0 Å². The lowest BCUT2D eigenvalue weighted by atomic mass is 10.8. The number of hydrogen-bond donors (Lipinski definition) is 3. The Kier molecular flexibility index (Phi) is 8.45. The van der Waals surface area contributed by atoms with E-state index < -0.39 is 12.1 Å². The summed E-state index contributed by atoms with van der Waals surface area (Å²) in [5, 5.41) is 9.03. The molecular weight excluding hydrogens is 136 g/mol. The van der Waals surface area contributed by atoms with Crippen molar-refractivity contribution in [1.82, 2.24) is 5.32 Å². The summed E-state index contributed by atoms with van der Waals surface area (Å²) in [4.78, 5) is 18.9. The number of amides is 3. The van der Waals surface area contributed by atoms with E-state index in [-0.39, 0.29) is 0 Å². The Morgan fingerprint density at radius 2 is 2.00 bits per heavy atom. The lowest BCUT2D eigenvalue weighted by Crippen LogP contribution is -2.33. The van der Waals surface area contributed by atoms with Crippen molar-refractivity contribution in [3.05, 3.63) is 12.7 Å². The summed E-state index contributed by atoms with van der Waals surface area (Å²) in [5.74, 6) is 0. The molecule has 0 saturated carbocycles. The van der Waals surface area contributed by atoms with E-state index in [1.54, 1.807) is 6.08 Å². The van der Waals surface area contributed by atoms with Gasteiger partial charge in [-0.2, -0.15) is 0 Å². The average molecular weight is 146 g/mol. The highest BCUT2D eigenvalue weighted by molar-refractivity contribution is 5.88. The Balaban J connectivity index is 0. The van der Waals surface area contributed by atoms with Gasteiger partial charge in [0.2, 0.25) is 0 Å². The molecule has 5 heteroatoms. The molecule has 0 saturated heterocycles. The number of imide groups is 1. The number of hydrogen-bond acceptors (Lipinski definition) is 2. The maximum Gasteiger partial charge on any atom is 0.412 e. The fourth-order valence-electron chi connectivity index (χ4n) is 0.105. The second-order valence-corrected chi connectivity index (χ2v) is 1.20. The van der Waals surface area contributed by atoms with Gasteiger partial charge in [-0.15, -0.1) is 6.58 Å². The van der Waals surface area contributed by atoms with Crippen molar-refractivity contribution < 1.29 is 14.7 Å². The van der Waals surface area contributed by atoms with Gasteiger partial charge < -0.3 is 10.8 Å². The van der Waals surface area contributed by atoms with Crippen molar-refractivity contribution in [3.63, 3.8) is 0 Å². The van der Waals surface area contributed by atoms with Gasteiger partial charge in [0.15, 0.2) is 0 Å². The van der Waals surface area contributed by atoms with E-state index in [0.29, 0.717) is 0 Å². The Hall–Kier alpha value is -1.52. The number of primary amides is 1. The topological polar surface area (TPSA) is 92.4 Å². The Morgan fingerprint density at radius 3 is 2.00 bits per heavy atom. The third-order valence-corrected chi connectivity index (χ3v) is 0.230. The van der Waals surface area contributed by atoms with Crippen LogP contribution < -0.4 is 11.1 Å². The summed E-state index contributed by atoms with van der Waals surface area (Å²) in [6.45, 7) is 5.25. The Labute approximate surface area is 58.5 Å². The van der Waals surface area contributed by atoms with Crippen molar-refractivity contribution in [3.8, 4) is 0 Å². The second-order valence-electron chi connectivity index (χ2n) is 1.20. The minimum absolute atomic E-state index is 1.06. The number of nitrogens with two attached hydrogens (primary N) is 1. The maximum absolute atomic E-state index is 9.54. The van der Waals surface area contributed by atoms with E-state index in [0.717, 1.165) is 0 Å². The van der Waals surface area contributed by atoms with Gasteiger partial charge in [0.05, 0.1) is 0 Å². The molecule has 58 valence electrons. The molecule has 0 rings (SSSR count). The summed E-state index contributed by atoms with van der Waals surface area (Å²) in [6, 6.07) is -1.06. The number of urea groups is 1. The highest BCUT2D eigenvalue weighted by Gasteiger charge is 1.94. The minimum atomic E-state index is -1.44. The van der Waals surface area contributed by atoms with Crippen molar-refractivity contribution in [2.45, 2.75) is 6.92 Å². The van der Waals surface area contributed by atoms with Crippen molar-refractivity contribution in [2.75, 3.05) is 0 Å². The molecular formula is C5H10N2O3. The van der Waals surface area contributed by atoms with E-state index in [4.69, 9.17) is 5.11 Å². The largest absolute Gasteiger partial charge is 0.465 e. The normalized spacial score (nSPS) is 6.50. The van der Waals surface area contributed by atoms with Crippen LogP contribution in [0.25, 0.3) is 0 Å². The zero-order valence-electron chi connectivity index (χ0n) is 5.63. The highest BCUT2D eigenvalue weighted by Crippen LogP contribution is 1.55. The molecule has 0 heterocycles. The molecule has 0 aliphatic carbocycles. The van der Waals surface area contributed by atoms with Crippen LogP contribution in [0.3, 0.4) is 0 Å². The van der Waals surface area contributed by atoms with Gasteiger partial charge in [0.1, 0.15) is 0 Å². The van der Waals surface area contributed by atoms with Crippen molar-refractivity contribution in [1.29, 1.82) is 0 Å². The highest BCUT2D eigenvalue weighted by atomic mass is 16.4. The van der Waals surface area contributed by atoms with Crippen LogP contribution in [0.5, 0.6) is 0 Å². The second kappa shape index (κ2) is 7.48. The summed E-state index contributed by atoms with van der Waals surface area (Å²) >= 11 is 0. The molecule has 0 unspecified atom stereocenters. The lowest BCUT2D eigenvalue weighted by Gasteiger charge is -1.86. The summed E-state index contributed by atoms with van der Waals surface area (Å²) in [5.41, 5.74) is 4.36. The molecule has 5 nitrogen and oxygen atoms in total. The van der Waals surface area contributed by atoms with Crippen LogP contribution in [0.2, 0.25) is 0 Å². The third-order valence-electron chi connectivity index (χ3n) is 0.230. The van der Waals surface area contributed by atoms with E-state index in [1.807, 2.05) is 6.92 Å². The van der Waals surface area contributed by atoms with Gasteiger partial charge in [0, 0.05) is 0 Å². The van der Waals surface area contributed by atoms with Crippen LogP contribution in [0.4, 0.5) is 9.59 Å². The number of rotatable bonds is 0. The zero-order chi connectivity index (χ0) is 8.57. The molecule has 0 radical (unpaired) electrons. The SMILES string of the molecule is C=CC.NC(=O)NC(=O)O. The van der Waals surface area contributed by atoms with E-state index in [1.165, 1.54) is 5.32 Å². The summed E-state index contributed by atoms with van der Waals surface area (Å²) < 4.78 is 0. The lowest BCUT2D eigenvalue weighted by molar-refractivity contribution is 0.193. The smallest absolute Gasteiger partial charge is 0.412 e. The summed E-state index contributed by atoms with van der Waals surface area (Å²) in [6.07, 6.45) is 0.313. The van der Waals surface area contributed by atoms with Gasteiger partial charge in [-0.25, -0.2) is 14.9 Å². The standard InChI is InChI=1S/C3H6.C2H4N2O3/c1-3-2;3-1(5)4-2(6)7/h3H,1H2,2H3;(H,6,7)(H3,3,4,5). The van der Waals surface area contributed by atoms with Gasteiger partial charge in [-0.05, 0) is 6.92 Å². The number of allylic oxidation sites excluding steroid dienone is 1. The summed E-state index contributed by atoms with van der Waals surface area (Å²) in [7, 11) is 0. The first-order valence-corrected chi connectivity index (χ1v) is 2.41. The van der Waals surface area contributed by atoms with Gasteiger partial charge in [-0.1, -0.05) is 6.08 Å². The molecule has 0 spiro atoms. The molecule has 0 fully saturated rings. The number of nitrogens with one attached hydrogen (secondary N) is 1. The zero-order valence-corrected chi connectivity index (χ0v) is 5.63. The Bertz CT molecular complexity index is 121. The molecule has 0 atom stereocenters. The monoisotopic (exact) mass is 146 g/mol. The molecule has 0 aliphatic heterocycles. The fourth-order valence-corrected chi connectivity index (χ4v) is 0.105. The number of carboxylic acid groups (broad SMARTS) is 1. The molecule has 0 aromatic carbocycles. The fraction of sp³-hybridized carbons (Fsp3) is 0.200. The first-order chi connectivity index (χ1) is 4.54. The molecule has 0 bridgehead atoms. The predicted molar refractivity (Wildman–Crippen MR) is 36.6 cm³/mol. The Morgan fingerprint density at radius 1 is 1.70 bits per heavy atom. The molecule has 0 aliphatic rings. The van der Waals surface area contributed by atoms with Crippen LogP contribution in [0, 0.1) is 0 Å². The van der Waals surface area contributed by atoms with Crippen LogP contribution in [0.1, 0.15) is 6.92 Å². The predicted octanol–water partition coefficient (Wildman–Crippen LogP) is 0.525. The van der Waals surface area contributed by atoms with Crippen LogP contribution in [-0.4, -0.2) is 17.2 Å². The quantitative estimate of drug-likeness (QED) is 0.435.